The molecule has 1 aromatic heterocycles. The Hall–Kier alpha value is -1.44. The number of aromatic nitrogens is 2. The topological polar surface area (TPSA) is 93.5 Å². The number of ether oxygens (including phenoxy) is 2. The summed E-state index contributed by atoms with van der Waals surface area (Å²) in [5.41, 5.74) is -1.45. The molecule has 7 heteroatoms. The van der Waals surface area contributed by atoms with Crippen LogP contribution in [0.1, 0.15) is 57.2 Å². The summed E-state index contributed by atoms with van der Waals surface area (Å²) in [6.07, 6.45) is 5.05. The standard InChI is InChI=1S/C17H26N2O5/c1-3-4-8-23-12-6-5-7-17(22)9-13(24-14(12)17)19-10-11(2)15(20)18-16(19)21/h10,12-14,22H,3-9H2,1-2H3,(H,18,20,21)/t12-,13+,14-,17+/m0/s1. The van der Waals surface area contributed by atoms with E-state index in [1.165, 1.54) is 10.8 Å². The lowest BCUT2D eigenvalue weighted by atomic mass is 9.80. The SMILES string of the molecule is CCCCO[C@H]1CCC[C@@]2(O)C[C@H](n3cc(C)c(=O)[nH]c3=O)O[C@@H]12. The third-order valence-corrected chi connectivity index (χ3v) is 5.08. The molecule has 1 aromatic rings. The van der Waals surface area contributed by atoms with Gasteiger partial charge < -0.3 is 14.6 Å². The van der Waals surface area contributed by atoms with Crippen LogP contribution in [0.3, 0.4) is 0 Å². The Labute approximate surface area is 140 Å². The molecule has 3 rings (SSSR count). The van der Waals surface area contributed by atoms with Gasteiger partial charge in [0.25, 0.3) is 5.56 Å². The Morgan fingerprint density at radius 3 is 3.04 bits per heavy atom. The molecule has 0 amide bonds. The molecule has 4 atom stereocenters. The molecule has 0 radical (unpaired) electrons. The van der Waals surface area contributed by atoms with Crippen molar-refractivity contribution < 1.29 is 14.6 Å². The number of hydrogen-bond donors (Lipinski definition) is 2. The molecule has 1 aliphatic heterocycles. The van der Waals surface area contributed by atoms with Crippen molar-refractivity contribution in [3.05, 3.63) is 32.6 Å². The van der Waals surface area contributed by atoms with E-state index in [0.717, 1.165) is 25.7 Å². The van der Waals surface area contributed by atoms with Gasteiger partial charge in [0.2, 0.25) is 0 Å². The fourth-order valence-corrected chi connectivity index (χ4v) is 3.71. The second kappa shape index (κ2) is 6.82. The smallest absolute Gasteiger partial charge is 0.330 e. The van der Waals surface area contributed by atoms with E-state index in [4.69, 9.17) is 9.47 Å². The van der Waals surface area contributed by atoms with E-state index in [0.29, 0.717) is 25.0 Å². The number of H-pyrrole nitrogens is 1. The highest BCUT2D eigenvalue weighted by Crippen LogP contribution is 2.45. The number of nitrogens with one attached hydrogen (secondary N) is 1. The van der Waals surface area contributed by atoms with Crippen molar-refractivity contribution in [2.75, 3.05) is 6.61 Å². The molecular weight excluding hydrogens is 312 g/mol. The Kier molecular flexibility index (Phi) is 4.94. The largest absolute Gasteiger partial charge is 0.387 e. The number of nitrogens with zero attached hydrogens (tertiary/aromatic N) is 1. The Balaban J connectivity index is 1.81. The summed E-state index contributed by atoms with van der Waals surface area (Å²) in [5, 5.41) is 11.0. The van der Waals surface area contributed by atoms with Crippen LogP contribution in [0.25, 0.3) is 0 Å². The molecule has 2 N–H and O–H groups in total. The van der Waals surface area contributed by atoms with Gasteiger partial charge in [0.1, 0.15) is 12.3 Å². The number of aliphatic hydroxyl groups is 1. The molecule has 0 aromatic carbocycles. The zero-order valence-electron chi connectivity index (χ0n) is 14.3. The van der Waals surface area contributed by atoms with E-state index in [9.17, 15) is 14.7 Å². The Morgan fingerprint density at radius 2 is 2.29 bits per heavy atom. The summed E-state index contributed by atoms with van der Waals surface area (Å²) in [7, 11) is 0. The molecule has 2 heterocycles. The van der Waals surface area contributed by atoms with Crippen LogP contribution in [0.15, 0.2) is 15.8 Å². The lowest BCUT2D eigenvalue weighted by Gasteiger charge is -2.38. The van der Waals surface area contributed by atoms with Crippen molar-refractivity contribution >= 4 is 0 Å². The summed E-state index contributed by atoms with van der Waals surface area (Å²) >= 11 is 0. The number of hydrogen-bond acceptors (Lipinski definition) is 5. The highest BCUT2D eigenvalue weighted by molar-refractivity contribution is 5.06. The van der Waals surface area contributed by atoms with Crippen molar-refractivity contribution in [1.82, 2.24) is 9.55 Å². The monoisotopic (exact) mass is 338 g/mol. The number of unbranched alkanes of at least 4 members (excludes halogenated alkanes) is 1. The van der Waals surface area contributed by atoms with Gasteiger partial charge in [-0.2, -0.15) is 0 Å². The van der Waals surface area contributed by atoms with Gasteiger partial charge in [-0.05, 0) is 32.6 Å². The van der Waals surface area contributed by atoms with Crippen LogP contribution >= 0.6 is 0 Å². The molecule has 2 fully saturated rings. The van der Waals surface area contributed by atoms with Gasteiger partial charge >= 0.3 is 5.69 Å². The van der Waals surface area contributed by atoms with Gasteiger partial charge in [-0.3, -0.25) is 14.3 Å². The zero-order valence-corrected chi connectivity index (χ0v) is 14.3. The third kappa shape index (κ3) is 3.20. The van der Waals surface area contributed by atoms with Crippen LogP contribution in [0, 0.1) is 6.92 Å². The molecular formula is C17H26N2O5. The maximum Gasteiger partial charge on any atom is 0.330 e. The minimum Gasteiger partial charge on any atom is -0.387 e. The van der Waals surface area contributed by atoms with Crippen molar-refractivity contribution in [3.8, 4) is 0 Å². The highest BCUT2D eigenvalue weighted by Gasteiger charge is 2.53. The van der Waals surface area contributed by atoms with Gasteiger partial charge in [0.05, 0.1) is 11.7 Å². The van der Waals surface area contributed by atoms with Crippen molar-refractivity contribution in [3.63, 3.8) is 0 Å². The zero-order chi connectivity index (χ0) is 17.3. The van der Waals surface area contributed by atoms with Crippen molar-refractivity contribution in [2.45, 2.75) is 76.4 Å². The third-order valence-electron chi connectivity index (χ3n) is 5.08. The van der Waals surface area contributed by atoms with Gasteiger partial charge in [0.15, 0.2) is 0 Å². The second-order valence-electron chi connectivity index (χ2n) is 6.95. The maximum absolute atomic E-state index is 12.1. The number of rotatable bonds is 5. The minimum absolute atomic E-state index is 0.153. The van der Waals surface area contributed by atoms with E-state index in [-0.39, 0.29) is 6.10 Å². The maximum atomic E-state index is 12.1. The molecule has 134 valence electrons. The fourth-order valence-electron chi connectivity index (χ4n) is 3.71. The number of aryl methyl sites for hydroxylation is 1. The summed E-state index contributed by atoms with van der Waals surface area (Å²) in [5.74, 6) is 0. The highest BCUT2D eigenvalue weighted by atomic mass is 16.6. The average molecular weight is 338 g/mol. The van der Waals surface area contributed by atoms with Crippen LogP contribution in [-0.2, 0) is 9.47 Å². The van der Waals surface area contributed by atoms with E-state index in [1.54, 1.807) is 6.92 Å². The lowest BCUT2D eigenvalue weighted by molar-refractivity contribution is -0.156. The van der Waals surface area contributed by atoms with Gasteiger partial charge in [-0.1, -0.05) is 13.3 Å². The quantitative estimate of drug-likeness (QED) is 0.788. The first kappa shape index (κ1) is 17.4. The van der Waals surface area contributed by atoms with Gasteiger partial charge in [-0.15, -0.1) is 0 Å². The van der Waals surface area contributed by atoms with Crippen LogP contribution in [0.4, 0.5) is 0 Å². The molecule has 7 nitrogen and oxygen atoms in total. The summed E-state index contributed by atoms with van der Waals surface area (Å²) in [4.78, 5) is 25.9. The van der Waals surface area contributed by atoms with Gasteiger partial charge in [-0.25, -0.2) is 4.79 Å². The van der Waals surface area contributed by atoms with Crippen LogP contribution in [0.5, 0.6) is 0 Å². The van der Waals surface area contributed by atoms with E-state index in [1.807, 2.05) is 0 Å². The van der Waals surface area contributed by atoms with Crippen LogP contribution in [-0.4, -0.2) is 39.1 Å². The molecule has 1 saturated heterocycles. The molecule has 24 heavy (non-hydrogen) atoms. The number of fused-ring (bicyclic) bond motifs is 1. The molecule has 0 spiro atoms. The predicted octanol–water partition coefficient (Wildman–Crippen LogP) is 1.23. The predicted molar refractivity (Wildman–Crippen MR) is 88.0 cm³/mol. The molecule has 1 aliphatic carbocycles. The van der Waals surface area contributed by atoms with Crippen molar-refractivity contribution in [1.29, 1.82) is 0 Å². The second-order valence-corrected chi connectivity index (χ2v) is 6.95. The summed E-state index contributed by atoms with van der Waals surface area (Å²) in [6, 6.07) is 0. The van der Waals surface area contributed by atoms with E-state index in [2.05, 4.69) is 11.9 Å². The molecule has 0 unspecified atom stereocenters. The molecule has 0 bridgehead atoms. The first-order valence-electron chi connectivity index (χ1n) is 8.76. The van der Waals surface area contributed by atoms with Crippen LogP contribution in [0.2, 0.25) is 0 Å². The normalized spacial score (nSPS) is 32.7. The summed E-state index contributed by atoms with van der Waals surface area (Å²) < 4.78 is 13.3. The Morgan fingerprint density at radius 1 is 1.50 bits per heavy atom. The van der Waals surface area contributed by atoms with E-state index >= 15 is 0 Å². The fraction of sp³-hybridized carbons (Fsp3) is 0.765. The molecule has 1 saturated carbocycles. The average Bonchev–Trinajstić information content (AvgIpc) is 2.89. The Bertz CT molecular complexity index is 697. The first-order valence-corrected chi connectivity index (χ1v) is 8.76. The first-order chi connectivity index (χ1) is 11.4. The van der Waals surface area contributed by atoms with E-state index < -0.39 is 29.2 Å². The van der Waals surface area contributed by atoms with Crippen molar-refractivity contribution in [2.24, 2.45) is 0 Å². The minimum atomic E-state index is -0.983. The molecule has 2 aliphatic rings. The summed E-state index contributed by atoms with van der Waals surface area (Å²) in [6.45, 7) is 4.40. The van der Waals surface area contributed by atoms with Gasteiger partial charge in [0, 0.05) is 24.8 Å². The lowest BCUT2D eigenvalue weighted by Crippen LogP contribution is -2.50. The number of aromatic amines is 1. The van der Waals surface area contributed by atoms with Crippen LogP contribution < -0.4 is 11.2 Å².